The quantitative estimate of drug-likeness (QED) is 0.160. The predicted octanol–water partition coefficient (Wildman–Crippen LogP) is 8.15. The lowest BCUT2D eigenvalue weighted by Crippen LogP contribution is -2.31. The van der Waals surface area contributed by atoms with Crippen LogP contribution < -0.4 is 4.90 Å². The fourth-order valence-corrected chi connectivity index (χ4v) is 6.27. The molecule has 1 unspecified atom stereocenters. The van der Waals surface area contributed by atoms with Gasteiger partial charge in [-0.1, -0.05) is 81.5 Å². The molecule has 0 radical (unpaired) electrons. The summed E-state index contributed by atoms with van der Waals surface area (Å²) < 4.78 is 9.03. The zero-order valence-corrected chi connectivity index (χ0v) is 23.5. The molecule has 0 N–H and O–H groups in total. The minimum absolute atomic E-state index is 0.260. The van der Waals surface area contributed by atoms with Crippen molar-refractivity contribution in [2.24, 2.45) is 0 Å². The highest BCUT2D eigenvalue weighted by Crippen LogP contribution is 2.52. The minimum atomic E-state index is -1.00. The van der Waals surface area contributed by atoms with E-state index in [0.29, 0.717) is 5.56 Å². The summed E-state index contributed by atoms with van der Waals surface area (Å²) in [5, 5.41) is 1.15. The van der Waals surface area contributed by atoms with Gasteiger partial charge >= 0.3 is 5.97 Å². The molecule has 1 aromatic heterocycles. The van der Waals surface area contributed by atoms with Gasteiger partial charge in [0.2, 0.25) is 0 Å². The number of unbranched alkanes of at least 4 members (excludes halogenated alkanes) is 5. The molecule has 4 nitrogen and oxygen atoms in total. The molecule has 3 aromatic carbocycles. The van der Waals surface area contributed by atoms with Crippen LogP contribution >= 0.6 is 0 Å². The number of carbonyl (C=O) groups excluding carboxylic acids is 1. The molecule has 2 heterocycles. The van der Waals surface area contributed by atoms with Gasteiger partial charge in [-0.2, -0.15) is 0 Å². The van der Waals surface area contributed by atoms with Gasteiger partial charge in [-0.05, 0) is 50.1 Å². The Morgan fingerprint density at radius 3 is 2.32 bits per heavy atom. The third-order valence-corrected chi connectivity index (χ3v) is 8.20. The number of aromatic nitrogens is 1. The van der Waals surface area contributed by atoms with E-state index in [4.69, 9.17) is 4.74 Å². The normalized spacial score (nSPS) is 16.6. The van der Waals surface area contributed by atoms with Gasteiger partial charge in [0.05, 0.1) is 5.56 Å². The summed E-state index contributed by atoms with van der Waals surface area (Å²) in [6.07, 6.45) is 7.55. The Balaban J connectivity index is 1.71. The highest BCUT2D eigenvalue weighted by molar-refractivity contribution is 5.99. The number of anilines is 1. The second kappa shape index (κ2) is 10.7. The molecule has 38 heavy (non-hydrogen) atoms. The number of carbonyl (C=O) groups is 1. The third kappa shape index (κ3) is 4.30. The Labute approximate surface area is 227 Å². The maximum absolute atomic E-state index is 13.4. The van der Waals surface area contributed by atoms with E-state index >= 15 is 0 Å². The van der Waals surface area contributed by atoms with Crippen molar-refractivity contribution in [3.63, 3.8) is 0 Å². The van der Waals surface area contributed by atoms with E-state index in [-0.39, 0.29) is 5.97 Å². The lowest BCUT2D eigenvalue weighted by molar-refractivity contribution is 0.0252. The summed E-state index contributed by atoms with van der Waals surface area (Å²) in [5.74, 6) is -0.260. The number of fused-ring (bicyclic) bond motifs is 2. The average Bonchev–Trinajstić information content (AvgIpc) is 3.37. The molecule has 0 saturated carbocycles. The SMILES string of the molecule is CCCCCCCCn1c(C)c(C2(c3ccc(N(C)C)cc3C)OC(=O)c3ccccc32)c2ccccc21. The van der Waals surface area contributed by atoms with E-state index in [1.807, 2.05) is 18.2 Å². The Kier molecular flexibility index (Phi) is 7.34. The molecule has 5 rings (SSSR count). The molecule has 0 saturated heterocycles. The van der Waals surface area contributed by atoms with Gasteiger partial charge in [-0.3, -0.25) is 0 Å². The Hall–Kier alpha value is -3.53. The monoisotopic (exact) mass is 508 g/mol. The maximum Gasteiger partial charge on any atom is 0.340 e. The average molecular weight is 509 g/mol. The number of para-hydroxylation sites is 1. The van der Waals surface area contributed by atoms with Gasteiger partial charge < -0.3 is 14.2 Å². The van der Waals surface area contributed by atoms with Crippen LogP contribution in [0.4, 0.5) is 5.69 Å². The van der Waals surface area contributed by atoms with Crippen LogP contribution in [-0.4, -0.2) is 24.6 Å². The summed E-state index contributed by atoms with van der Waals surface area (Å²) in [4.78, 5) is 15.5. The second-order valence-corrected chi connectivity index (χ2v) is 10.9. The fourth-order valence-electron chi connectivity index (χ4n) is 6.27. The molecular formula is C34H40N2O2. The zero-order valence-electron chi connectivity index (χ0n) is 23.5. The van der Waals surface area contributed by atoms with Crippen molar-refractivity contribution in [2.45, 2.75) is 71.4 Å². The predicted molar refractivity (Wildman–Crippen MR) is 157 cm³/mol. The largest absolute Gasteiger partial charge is 0.440 e. The van der Waals surface area contributed by atoms with Crippen molar-refractivity contribution in [2.75, 3.05) is 19.0 Å². The first-order chi connectivity index (χ1) is 18.4. The molecule has 4 aromatic rings. The molecule has 0 amide bonds. The van der Waals surface area contributed by atoms with Gasteiger partial charge in [0.25, 0.3) is 0 Å². The number of hydrogen-bond donors (Lipinski definition) is 0. The zero-order chi connectivity index (χ0) is 26.9. The van der Waals surface area contributed by atoms with Gasteiger partial charge in [-0.15, -0.1) is 0 Å². The highest BCUT2D eigenvalue weighted by Gasteiger charge is 2.51. The first-order valence-corrected chi connectivity index (χ1v) is 14.1. The number of hydrogen-bond acceptors (Lipinski definition) is 3. The molecule has 0 spiro atoms. The van der Waals surface area contributed by atoms with Crippen LogP contribution in [0.25, 0.3) is 10.9 Å². The molecule has 1 atom stereocenters. The summed E-state index contributed by atoms with van der Waals surface area (Å²) in [5.41, 5.74) is 7.28. The third-order valence-electron chi connectivity index (χ3n) is 8.20. The fraction of sp³-hybridized carbons (Fsp3) is 0.382. The van der Waals surface area contributed by atoms with Crippen molar-refractivity contribution in [1.29, 1.82) is 0 Å². The van der Waals surface area contributed by atoms with Gasteiger partial charge in [-0.25, -0.2) is 4.79 Å². The van der Waals surface area contributed by atoms with Crippen LogP contribution in [0, 0.1) is 13.8 Å². The Morgan fingerprint density at radius 2 is 1.55 bits per heavy atom. The van der Waals surface area contributed by atoms with Crippen LogP contribution in [0.15, 0.2) is 66.7 Å². The van der Waals surface area contributed by atoms with Gasteiger partial charge in [0.15, 0.2) is 5.60 Å². The van der Waals surface area contributed by atoms with Crippen LogP contribution in [0.3, 0.4) is 0 Å². The van der Waals surface area contributed by atoms with Gasteiger partial charge in [0, 0.05) is 59.6 Å². The molecule has 198 valence electrons. The van der Waals surface area contributed by atoms with Crippen molar-refractivity contribution < 1.29 is 9.53 Å². The lowest BCUT2D eigenvalue weighted by atomic mass is 9.77. The van der Waals surface area contributed by atoms with Gasteiger partial charge in [0.1, 0.15) is 0 Å². The maximum atomic E-state index is 13.4. The van der Waals surface area contributed by atoms with E-state index in [1.165, 1.54) is 43.3 Å². The molecular weight excluding hydrogens is 468 g/mol. The molecule has 1 aliphatic rings. The number of rotatable bonds is 10. The number of benzene rings is 3. The van der Waals surface area contributed by atoms with Crippen molar-refractivity contribution in [3.05, 3.63) is 100 Å². The van der Waals surface area contributed by atoms with E-state index < -0.39 is 5.60 Å². The Morgan fingerprint density at radius 1 is 0.842 bits per heavy atom. The van der Waals surface area contributed by atoms with E-state index in [2.05, 4.69) is 92.9 Å². The molecule has 4 heteroatoms. The lowest BCUT2D eigenvalue weighted by Gasteiger charge is -2.32. The second-order valence-electron chi connectivity index (χ2n) is 10.9. The van der Waals surface area contributed by atoms with Crippen LogP contribution in [-0.2, 0) is 16.9 Å². The smallest absolute Gasteiger partial charge is 0.340 e. The van der Waals surface area contributed by atoms with Crippen LogP contribution in [0.2, 0.25) is 0 Å². The van der Waals surface area contributed by atoms with Crippen molar-refractivity contribution in [1.82, 2.24) is 4.57 Å². The number of ether oxygens (including phenoxy) is 1. The summed E-state index contributed by atoms with van der Waals surface area (Å²) in [6.45, 7) is 7.55. The molecule has 1 aliphatic heterocycles. The highest BCUT2D eigenvalue weighted by atomic mass is 16.6. The van der Waals surface area contributed by atoms with E-state index in [9.17, 15) is 4.79 Å². The molecule has 0 bridgehead atoms. The van der Waals surface area contributed by atoms with Crippen molar-refractivity contribution in [3.8, 4) is 0 Å². The summed E-state index contributed by atoms with van der Waals surface area (Å²) in [6, 6.07) is 23.0. The van der Waals surface area contributed by atoms with E-state index in [0.717, 1.165) is 46.3 Å². The molecule has 0 fully saturated rings. The number of esters is 1. The van der Waals surface area contributed by atoms with Crippen molar-refractivity contribution >= 4 is 22.6 Å². The van der Waals surface area contributed by atoms with Crippen LogP contribution in [0.1, 0.15) is 83.8 Å². The topological polar surface area (TPSA) is 34.5 Å². The standard InChI is InChI=1S/C34H40N2O2/c1-6-7-8-9-10-15-22-36-25(3)32(28-17-12-14-19-31(28)36)34(29-21-20-26(35(4)5)23-24(29)2)30-18-13-11-16-27(30)33(37)38-34/h11-14,16-21,23H,6-10,15,22H2,1-5H3. The first kappa shape index (κ1) is 26.1. The minimum Gasteiger partial charge on any atom is -0.440 e. The first-order valence-electron chi connectivity index (χ1n) is 14.1. The van der Waals surface area contributed by atoms with Crippen LogP contribution in [0.5, 0.6) is 0 Å². The summed E-state index contributed by atoms with van der Waals surface area (Å²) >= 11 is 0. The van der Waals surface area contributed by atoms with E-state index in [1.54, 1.807) is 0 Å². The molecule has 0 aliphatic carbocycles. The number of aryl methyl sites for hydroxylation is 2. The Bertz CT molecular complexity index is 1460. The summed E-state index contributed by atoms with van der Waals surface area (Å²) in [7, 11) is 4.10. The number of cyclic esters (lactones) is 1. The number of nitrogens with zero attached hydrogens (tertiary/aromatic N) is 2.